The van der Waals surface area contributed by atoms with Gasteiger partial charge in [0.05, 0.1) is 0 Å². The van der Waals surface area contributed by atoms with Crippen LogP contribution in [0.2, 0.25) is 0 Å². The van der Waals surface area contributed by atoms with Gasteiger partial charge in [-0.3, -0.25) is 0 Å². The summed E-state index contributed by atoms with van der Waals surface area (Å²) in [6, 6.07) is 15.2. The van der Waals surface area contributed by atoms with E-state index in [2.05, 4.69) is 34.2 Å². The Bertz CT molecular complexity index is 801. The van der Waals surface area contributed by atoms with Gasteiger partial charge in [0, 0.05) is 31.3 Å². The van der Waals surface area contributed by atoms with Crippen LogP contribution in [-0.2, 0) is 6.42 Å². The molecule has 0 bridgehead atoms. The number of nitrogens with zero attached hydrogens (tertiary/aromatic N) is 3. The van der Waals surface area contributed by atoms with Crippen LogP contribution < -0.4 is 4.90 Å². The molecule has 4 nitrogen and oxygen atoms in total. The Morgan fingerprint density at radius 3 is 2.67 bits per heavy atom. The Hall–Kier alpha value is -2.69. The molecule has 24 heavy (non-hydrogen) atoms. The van der Waals surface area contributed by atoms with E-state index in [0.717, 1.165) is 13.0 Å². The molecule has 0 atom stereocenters. The molecule has 0 amide bonds. The predicted octanol–water partition coefficient (Wildman–Crippen LogP) is 4.25. The second-order valence-electron chi connectivity index (χ2n) is 5.84. The zero-order chi connectivity index (χ0) is 16.9. The molecule has 0 unspecified atom stereocenters. The van der Waals surface area contributed by atoms with Crippen LogP contribution in [-0.4, -0.2) is 23.7 Å². The molecule has 0 saturated carbocycles. The molecule has 0 aliphatic rings. The molecule has 124 valence electrons. The lowest BCUT2D eigenvalue weighted by Crippen LogP contribution is -2.18. The standard InChI is InChI=1S/C19H20FN3O/c1-14-10-11-15(13-17(14)20)19-21-18(24-22-19)9-6-12-23(2)16-7-4-3-5-8-16/h3-5,7-8,10-11,13H,6,9,12H2,1-2H3. The van der Waals surface area contributed by atoms with Crippen LogP contribution in [0.1, 0.15) is 17.9 Å². The highest BCUT2D eigenvalue weighted by atomic mass is 19.1. The van der Waals surface area contributed by atoms with Gasteiger partial charge in [0.2, 0.25) is 11.7 Å². The van der Waals surface area contributed by atoms with Crippen molar-refractivity contribution in [1.29, 1.82) is 0 Å². The van der Waals surface area contributed by atoms with E-state index in [-0.39, 0.29) is 5.82 Å². The van der Waals surface area contributed by atoms with Crippen molar-refractivity contribution < 1.29 is 8.91 Å². The van der Waals surface area contributed by atoms with Crippen molar-refractivity contribution in [2.75, 3.05) is 18.5 Å². The number of rotatable bonds is 6. The van der Waals surface area contributed by atoms with E-state index >= 15 is 0 Å². The Morgan fingerprint density at radius 1 is 1.12 bits per heavy atom. The molecule has 0 aliphatic heterocycles. The fraction of sp³-hybridized carbons (Fsp3) is 0.263. The van der Waals surface area contributed by atoms with Gasteiger partial charge < -0.3 is 9.42 Å². The normalized spacial score (nSPS) is 10.8. The molecule has 1 aromatic heterocycles. The van der Waals surface area contributed by atoms with E-state index in [1.165, 1.54) is 11.8 Å². The molecule has 3 rings (SSSR count). The molecule has 0 radical (unpaired) electrons. The van der Waals surface area contributed by atoms with E-state index in [4.69, 9.17) is 4.52 Å². The number of halogens is 1. The fourth-order valence-corrected chi connectivity index (χ4v) is 2.48. The molecule has 1 heterocycles. The highest BCUT2D eigenvalue weighted by molar-refractivity contribution is 5.54. The minimum Gasteiger partial charge on any atom is -0.375 e. The first-order valence-electron chi connectivity index (χ1n) is 7.99. The summed E-state index contributed by atoms with van der Waals surface area (Å²) >= 11 is 0. The molecule has 2 aromatic carbocycles. The molecule has 5 heteroatoms. The number of anilines is 1. The van der Waals surface area contributed by atoms with E-state index in [1.807, 2.05) is 18.2 Å². The van der Waals surface area contributed by atoms with Crippen molar-refractivity contribution in [2.24, 2.45) is 0 Å². The Labute approximate surface area is 140 Å². The van der Waals surface area contributed by atoms with Crippen LogP contribution in [0.5, 0.6) is 0 Å². The van der Waals surface area contributed by atoms with Crippen molar-refractivity contribution >= 4 is 5.69 Å². The Kier molecular flexibility index (Phi) is 4.89. The smallest absolute Gasteiger partial charge is 0.227 e. The predicted molar refractivity (Wildman–Crippen MR) is 92.5 cm³/mol. The molecule has 3 aromatic rings. The summed E-state index contributed by atoms with van der Waals surface area (Å²) < 4.78 is 18.9. The summed E-state index contributed by atoms with van der Waals surface area (Å²) in [4.78, 5) is 6.55. The van der Waals surface area contributed by atoms with E-state index in [0.29, 0.717) is 29.3 Å². The molecular formula is C19H20FN3O. The fourth-order valence-electron chi connectivity index (χ4n) is 2.48. The Morgan fingerprint density at radius 2 is 1.92 bits per heavy atom. The van der Waals surface area contributed by atoms with Gasteiger partial charge in [0.25, 0.3) is 0 Å². The van der Waals surface area contributed by atoms with Crippen LogP contribution in [0.3, 0.4) is 0 Å². The minimum atomic E-state index is -0.261. The van der Waals surface area contributed by atoms with E-state index in [9.17, 15) is 4.39 Å². The maximum atomic E-state index is 13.6. The van der Waals surface area contributed by atoms with Gasteiger partial charge in [-0.15, -0.1) is 0 Å². The third-order valence-electron chi connectivity index (χ3n) is 3.98. The highest BCUT2D eigenvalue weighted by Crippen LogP contribution is 2.19. The van der Waals surface area contributed by atoms with E-state index < -0.39 is 0 Å². The summed E-state index contributed by atoms with van der Waals surface area (Å²) in [5.41, 5.74) is 2.42. The van der Waals surface area contributed by atoms with Crippen molar-refractivity contribution in [3.05, 3.63) is 65.8 Å². The van der Waals surface area contributed by atoms with Crippen molar-refractivity contribution in [3.8, 4) is 11.4 Å². The third-order valence-corrected chi connectivity index (χ3v) is 3.98. The van der Waals surface area contributed by atoms with Crippen LogP contribution >= 0.6 is 0 Å². The maximum Gasteiger partial charge on any atom is 0.227 e. The molecule has 0 N–H and O–H groups in total. The monoisotopic (exact) mass is 325 g/mol. The summed E-state index contributed by atoms with van der Waals surface area (Å²) in [6.07, 6.45) is 1.59. The number of hydrogen-bond acceptors (Lipinski definition) is 4. The van der Waals surface area contributed by atoms with Crippen LogP contribution in [0, 0.1) is 12.7 Å². The highest BCUT2D eigenvalue weighted by Gasteiger charge is 2.10. The average Bonchev–Trinajstić information content (AvgIpc) is 3.07. The number of para-hydroxylation sites is 1. The van der Waals surface area contributed by atoms with Gasteiger partial charge in [0.15, 0.2) is 0 Å². The largest absolute Gasteiger partial charge is 0.375 e. The van der Waals surface area contributed by atoms with Gasteiger partial charge in [0.1, 0.15) is 5.82 Å². The van der Waals surface area contributed by atoms with Gasteiger partial charge in [-0.05, 0) is 37.1 Å². The number of benzene rings is 2. The molecular weight excluding hydrogens is 305 g/mol. The summed E-state index contributed by atoms with van der Waals surface area (Å²) in [6.45, 7) is 2.62. The molecule has 0 aliphatic carbocycles. The average molecular weight is 325 g/mol. The lowest BCUT2D eigenvalue weighted by atomic mass is 10.1. The quantitative estimate of drug-likeness (QED) is 0.679. The second-order valence-corrected chi connectivity index (χ2v) is 5.84. The molecule has 0 spiro atoms. The topological polar surface area (TPSA) is 42.2 Å². The van der Waals surface area contributed by atoms with Crippen LogP contribution in [0.15, 0.2) is 53.1 Å². The van der Waals surface area contributed by atoms with E-state index in [1.54, 1.807) is 19.1 Å². The van der Waals surface area contributed by atoms with Crippen LogP contribution in [0.4, 0.5) is 10.1 Å². The first kappa shape index (κ1) is 16.2. The lowest BCUT2D eigenvalue weighted by Gasteiger charge is -2.18. The number of aryl methyl sites for hydroxylation is 2. The number of aromatic nitrogens is 2. The molecule has 0 saturated heterocycles. The van der Waals surface area contributed by atoms with Gasteiger partial charge >= 0.3 is 0 Å². The third kappa shape index (κ3) is 3.79. The van der Waals surface area contributed by atoms with Gasteiger partial charge in [-0.25, -0.2) is 4.39 Å². The number of hydrogen-bond donors (Lipinski definition) is 0. The zero-order valence-electron chi connectivity index (χ0n) is 13.9. The first-order chi connectivity index (χ1) is 11.6. The SMILES string of the molecule is Cc1ccc(-c2noc(CCCN(C)c3ccccc3)n2)cc1F. The lowest BCUT2D eigenvalue weighted by molar-refractivity contribution is 0.376. The van der Waals surface area contributed by atoms with Crippen molar-refractivity contribution in [1.82, 2.24) is 10.1 Å². The minimum absolute atomic E-state index is 0.261. The molecule has 0 fully saturated rings. The second kappa shape index (κ2) is 7.25. The maximum absolute atomic E-state index is 13.6. The van der Waals surface area contributed by atoms with Crippen molar-refractivity contribution in [2.45, 2.75) is 19.8 Å². The van der Waals surface area contributed by atoms with Crippen LogP contribution in [0.25, 0.3) is 11.4 Å². The van der Waals surface area contributed by atoms with Gasteiger partial charge in [-0.2, -0.15) is 4.98 Å². The Balaban J connectivity index is 1.57. The van der Waals surface area contributed by atoms with Crippen molar-refractivity contribution in [3.63, 3.8) is 0 Å². The summed E-state index contributed by atoms with van der Waals surface area (Å²) in [5.74, 6) is 0.746. The summed E-state index contributed by atoms with van der Waals surface area (Å²) in [5, 5.41) is 3.95. The zero-order valence-corrected chi connectivity index (χ0v) is 13.9. The summed E-state index contributed by atoms with van der Waals surface area (Å²) in [7, 11) is 2.06. The first-order valence-corrected chi connectivity index (χ1v) is 7.99. The van der Waals surface area contributed by atoms with Gasteiger partial charge in [-0.1, -0.05) is 35.5 Å².